The van der Waals surface area contributed by atoms with Gasteiger partial charge in [0.25, 0.3) is 0 Å². The lowest BCUT2D eigenvalue weighted by Crippen LogP contribution is -2.37. The molecular weight excluding hydrogens is 398 g/mol. The molecule has 0 bridgehead atoms. The Hall–Kier alpha value is -3.88. The standard InChI is InChI=1S/C22H21N5O4/c23-21(28)19(10-1-2-10)25-12-8-14-17-16(9-12)30-6-5-24-20(17)18(26-14)11-3-4-13-15(7-11)31-22(29)27-13/h3-4,7-10,19,24-26H,1-2,5-6H2,(H2,23,28)(H,27,29)/t19-/m0/s1. The number of nitrogens with two attached hydrogens (primary N) is 1. The second kappa shape index (κ2) is 6.56. The lowest BCUT2D eigenvalue weighted by molar-refractivity contribution is -0.119. The lowest BCUT2D eigenvalue weighted by Gasteiger charge is -2.17. The Morgan fingerprint density at radius 3 is 2.84 bits per heavy atom. The van der Waals surface area contributed by atoms with Gasteiger partial charge in [0.15, 0.2) is 5.58 Å². The molecule has 4 aromatic rings. The van der Waals surface area contributed by atoms with Crippen molar-refractivity contribution in [1.82, 2.24) is 9.97 Å². The summed E-state index contributed by atoms with van der Waals surface area (Å²) in [5.41, 5.74) is 11.1. The smallest absolute Gasteiger partial charge is 0.417 e. The van der Waals surface area contributed by atoms with E-state index in [1.165, 1.54) is 0 Å². The van der Waals surface area contributed by atoms with Gasteiger partial charge in [0.05, 0.1) is 27.8 Å². The van der Waals surface area contributed by atoms with Crippen molar-refractivity contribution in [3.05, 3.63) is 40.9 Å². The predicted molar refractivity (Wildman–Crippen MR) is 117 cm³/mol. The summed E-state index contributed by atoms with van der Waals surface area (Å²) in [6.07, 6.45) is 2.01. The molecule has 1 atom stereocenters. The monoisotopic (exact) mass is 419 g/mol. The largest absolute Gasteiger partial charge is 0.491 e. The number of fused-ring (bicyclic) bond motifs is 1. The van der Waals surface area contributed by atoms with E-state index in [2.05, 4.69) is 20.6 Å². The fourth-order valence-corrected chi connectivity index (χ4v) is 4.35. The highest BCUT2D eigenvalue weighted by Crippen LogP contribution is 2.44. The van der Waals surface area contributed by atoms with Crippen LogP contribution >= 0.6 is 0 Å². The van der Waals surface area contributed by atoms with Gasteiger partial charge in [0.2, 0.25) is 5.91 Å². The third kappa shape index (κ3) is 3.00. The molecular formula is C22H21N5O4. The number of carbonyl (C=O) groups excluding carboxylic acids is 1. The second-order valence-electron chi connectivity index (χ2n) is 8.13. The number of rotatable bonds is 5. The van der Waals surface area contributed by atoms with Gasteiger partial charge in [-0.05, 0) is 37.0 Å². The molecule has 9 nitrogen and oxygen atoms in total. The van der Waals surface area contributed by atoms with Crippen LogP contribution in [0.2, 0.25) is 0 Å². The SMILES string of the molecule is NC(=O)[C@@H](Nc1cc2c3c(c(-c4ccc5[nH]c(=O)oc5c4)[nH]c3c1)NCCO2)C1CC1. The van der Waals surface area contributed by atoms with Crippen LogP contribution in [-0.2, 0) is 4.79 Å². The minimum atomic E-state index is -0.480. The topological polar surface area (TPSA) is 138 Å². The van der Waals surface area contributed by atoms with Crippen LogP contribution in [0.5, 0.6) is 5.75 Å². The number of oxazole rings is 1. The summed E-state index contributed by atoms with van der Waals surface area (Å²) < 4.78 is 11.2. The first-order valence-corrected chi connectivity index (χ1v) is 10.3. The van der Waals surface area contributed by atoms with Gasteiger partial charge in [0.1, 0.15) is 18.4 Å². The molecule has 3 heterocycles. The number of nitrogens with one attached hydrogen (secondary N) is 4. The summed E-state index contributed by atoms with van der Waals surface area (Å²) in [6, 6.07) is 9.08. The van der Waals surface area contributed by atoms with Crippen LogP contribution < -0.4 is 26.9 Å². The van der Waals surface area contributed by atoms with Crippen LogP contribution in [0.1, 0.15) is 12.8 Å². The molecule has 2 aromatic heterocycles. The molecule has 6 N–H and O–H groups in total. The fourth-order valence-electron chi connectivity index (χ4n) is 4.35. The first kappa shape index (κ1) is 17.9. The average Bonchev–Trinajstić information content (AvgIpc) is 3.45. The molecule has 1 aliphatic carbocycles. The van der Waals surface area contributed by atoms with Crippen LogP contribution in [0, 0.1) is 5.92 Å². The van der Waals surface area contributed by atoms with E-state index in [-0.39, 0.29) is 17.9 Å². The van der Waals surface area contributed by atoms with Crippen molar-refractivity contribution in [3.8, 4) is 17.0 Å². The van der Waals surface area contributed by atoms with E-state index in [0.29, 0.717) is 24.3 Å². The van der Waals surface area contributed by atoms with Gasteiger partial charge in [-0.15, -0.1) is 0 Å². The zero-order valence-electron chi connectivity index (χ0n) is 16.6. The third-order valence-electron chi connectivity index (χ3n) is 5.96. The van der Waals surface area contributed by atoms with Gasteiger partial charge in [-0.3, -0.25) is 9.78 Å². The molecule has 0 spiro atoms. The summed E-state index contributed by atoms with van der Waals surface area (Å²) in [4.78, 5) is 29.6. The number of hydrogen-bond acceptors (Lipinski definition) is 6. The van der Waals surface area contributed by atoms with E-state index in [0.717, 1.165) is 52.1 Å². The first-order chi connectivity index (χ1) is 15.1. The van der Waals surface area contributed by atoms with Crippen LogP contribution in [0.3, 0.4) is 0 Å². The van der Waals surface area contributed by atoms with E-state index < -0.39 is 5.76 Å². The number of ether oxygens (including phenoxy) is 1. The molecule has 158 valence electrons. The van der Waals surface area contributed by atoms with Crippen LogP contribution in [0.4, 0.5) is 11.4 Å². The summed E-state index contributed by atoms with van der Waals surface area (Å²) in [5, 5.41) is 7.68. The van der Waals surface area contributed by atoms with Gasteiger partial charge in [-0.1, -0.05) is 6.07 Å². The Kier molecular flexibility index (Phi) is 3.80. The van der Waals surface area contributed by atoms with Crippen molar-refractivity contribution in [1.29, 1.82) is 0 Å². The van der Waals surface area contributed by atoms with Crippen molar-refractivity contribution in [2.45, 2.75) is 18.9 Å². The van der Waals surface area contributed by atoms with Gasteiger partial charge >= 0.3 is 5.76 Å². The number of H-pyrrole nitrogens is 2. The molecule has 1 aliphatic heterocycles. The van der Waals surface area contributed by atoms with Crippen LogP contribution in [0.25, 0.3) is 33.3 Å². The van der Waals surface area contributed by atoms with E-state index in [1.54, 1.807) is 0 Å². The molecule has 31 heavy (non-hydrogen) atoms. The second-order valence-corrected chi connectivity index (χ2v) is 8.13. The number of amides is 1. The van der Waals surface area contributed by atoms with Crippen molar-refractivity contribution in [2.75, 3.05) is 23.8 Å². The normalized spacial score (nSPS) is 16.5. The van der Waals surface area contributed by atoms with Gasteiger partial charge < -0.3 is 30.5 Å². The Balaban J connectivity index is 1.48. The predicted octanol–water partition coefficient (Wildman–Crippen LogP) is 2.75. The number of aromatic amines is 2. The molecule has 2 aliphatic rings. The molecule has 9 heteroatoms. The van der Waals surface area contributed by atoms with E-state index in [1.807, 2.05) is 30.3 Å². The molecule has 1 fully saturated rings. The Morgan fingerprint density at radius 1 is 1.16 bits per heavy atom. The average molecular weight is 419 g/mol. The summed E-state index contributed by atoms with van der Waals surface area (Å²) in [5.74, 6) is 0.194. The zero-order valence-corrected chi connectivity index (χ0v) is 16.6. The van der Waals surface area contributed by atoms with Crippen molar-refractivity contribution in [3.63, 3.8) is 0 Å². The minimum Gasteiger partial charge on any atom is -0.491 e. The Morgan fingerprint density at radius 2 is 2.03 bits per heavy atom. The molecule has 1 amide bonds. The van der Waals surface area contributed by atoms with Crippen LogP contribution in [-0.4, -0.2) is 35.1 Å². The number of benzene rings is 2. The Labute approximate surface area is 175 Å². The highest BCUT2D eigenvalue weighted by Gasteiger charge is 2.35. The molecule has 0 unspecified atom stereocenters. The number of hydrogen-bond donors (Lipinski definition) is 5. The Bertz CT molecular complexity index is 1390. The van der Waals surface area contributed by atoms with Crippen LogP contribution in [0.15, 0.2) is 39.5 Å². The fraction of sp³-hybridized carbons (Fsp3) is 0.273. The van der Waals surface area contributed by atoms with Gasteiger partial charge in [-0.2, -0.15) is 0 Å². The summed E-state index contributed by atoms with van der Waals surface area (Å²) in [7, 11) is 0. The van der Waals surface area contributed by atoms with Gasteiger partial charge in [-0.25, -0.2) is 4.79 Å². The molecule has 1 saturated carbocycles. The van der Waals surface area contributed by atoms with Crippen molar-refractivity contribution >= 4 is 39.3 Å². The van der Waals surface area contributed by atoms with E-state index >= 15 is 0 Å². The molecule has 0 saturated heterocycles. The quantitative estimate of drug-likeness (QED) is 0.337. The molecule has 2 aromatic carbocycles. The minimum absolute atomic E-state index is 0.285. The van der Waals surface area contributed by atoms with E-state index in [9.17, 15) is 9.59 Å². The number of aromatic nitrogens is 2. The first-order valence-electron chi connectivity index (χ1n) is 10.3. The maximum atomic E-state index is 11.9. The van der Waals surface area contributed by atoms with Gasteiger partial charge in [0, 0.05) is 23.9 Å². The summed E-state index contributed by atoms with van der Waals surface area (Å²) >= 11 is 0. The molecule has 0 radical (unpaired) electrons. The van der Waals surface area contributed by atoms with E-state index in [4.69, 9.17) is 14.9 Å². The van der Waals surface area contributed by atoms with Crippen molar-refractivity contribution < 1.29 is 13.9 Å². The highest BCUT2D eigenvalue weighted by molar-refractivity contribution is 6.07. The maximum absolute atomic E-state index is 11.9. The lowest BCUT2D eigenvalue weighted by atomic mass is 10.1. The number of carbonyl (C=O) groups is 1. The van der Waals surface area contributed by atoms with Crippen molar-refractivity contribution in [2.24, 2.45) is 11.7 Å². The third-order valence-corrected chi connectivity index (χ3v) is 5.96. The molecule has 6 rings (SSSR count). The highest BCUT2D eigenvalue weighted by atomic mass is 16.5. The number of primary amides is 1. The summed E-state index contributed by atoms with van der Waals surface area (Å²) in [6.45, 7) is 1.16. The maximum Gasteiger partial charge on any atom is 0.417 e. The zero-order chi connectivity index (χ0) is 21.1. The number of anilines is 2.